The van der Waals surface area contributed by atoms with E-state index in [2.05, 4.69) is 11.5 Å². The Bertz CT molecular complexity index is 1090. The lowest BCUT2D eigenvalue weighted by molar-refractivity contribution is -0.140. The third-order valence-corrected chi connectivity index (χ3v) is 6.45. The van der Waals surface area contributed by atoms with Crippen molar-refractivity contribution in [2.24, 2.45) is 0 Å². The molecule has 2 fully saturated rings. The Balaban J connectivity index is 1.65. The zero-order valence-corrected chi connectivity index (χ0v) is 20.2. The van der Waals surface area contributed by atoms with Gasteiger partial charge in [-0.3, -0.25) is 14.5 Å². The van der Waals surface area contributed by atoms with Crippen LogP contribution in [-0.4, -0.2) is 72.6 Å². The first-order chi connectivity index (χ1) is 17.0. The number of hydrogen-bond donors (Lipinski definition) is 1. The van der Waals surface area contributed by atoms with Crippen molar-refractivity contribution < 1.29 is 24.2 Å². The number of amides is 1. The van der Waals surface area contributed by atoms with Gasteiger partial charge in [0.2, 0.25) is 0 Å². The summed E-state index contributed by atoms with van der Waals surface area (Å²) >= 11 is 5.99. The lowest BCUT2D eigenvalue weighted by atomic mass is 9.95. The van der Waals surface area contributed by atoms with Crippen molar-refractivity contribution in [2.75, 3.05) is 46.0 Å². The predicted molar refractivity (Wildman–Crippen MR) is 134 cm³/mol. The van der Waals surface area contributed by atoms with E-state index in [0.717, 1.165) is 25.2 Å². The molecule has 7 nitrogen and oxygen atoms in total. The summed E-state index contributed by atoms with van der Waals surface area (Å²) in [5.74, 6) is -0.872. The van der Waals surface area contributed by atoms with Crippen LogP contribution in [0, 0.1) is 0 Å². The Kier molecular flexibility index (Phi) is 8.23. The number of carbonyl (C=O) groups is 2. The summed E-state index contributed by atoms with van der Waals surface area (Å²) in [7, 11) is 0. The van der Waals surface area contributed by atoms with E-state index in [1.165, 1.54) is 0 Å². The highest BCUT2D eigenvalue weighted by molar-refractivity contribution is 6.46. The molecule has 0 unspecified atom stereocenters. The second kappa shape index (κ2) is 11.5. The molecule has 2 aliphatic heterocycles. The van der Waals surface area contributed by atoms with Crippen molar-refractivity contribution in [1.82, 2.24) is 9.80 Å². The average molecular weight is 497 g/mol. The number of aliphatic hydroxyl groups excluding tert-OH is 1. The van der Waals surface area contributed by atoms with Gasteiger partial charge in [-0.2, -0.15) is 0 Å². The summed E-state index contributed by atoms with van der Waals surface area (Å²) in [6, 6.07) is 13.0. The molecule has 0 spiro atoms. The molecule has 2 aromatic rings. The van der Waals surface area contributed by atoms with Crippen molar-refractivity contribution in [3.8, 4) is 5.75 Å². The molecule has 1 atom stereocenters. The summed E-state index contributed by atoms with van der Waals surface area (Å²) in [6.45, 7) is 8.31. The van der Waals surface area contributed by atoms with Gasteiger partial charge in [-0.1, -0.05) is 36.4 Å². The van der Waals surface area contributed by atoms with Crippen LogP contribution in [0.3, 0.4) is 0 Å². The molecular formula is C27H29ClN2O5. The number of nitrogens with zero attached hydrogens (tertiary/aromatic N) is 2. The molecule has 8 heteroatoms. The van der Waals surface area contributed by atoms with Crippen molar-refractivity contribution in [3.63, 3.8) is 0 Å². The molecular weight excluding hydrogens is 468 g/mol. The molecule has 2 aromatic carbocycles. The summed E-state index contributed by atoms with van der Waals surface area (Å²) in [5.41, 5.74) is 1.22. The van der Waals surface area contributed by atoms with Gasteiger partial charge >= 0.3 is 0 Å². The molecule has 1 N–H and O–H groups in total. The van der Waals surface area contributed by atoms with E-state index in [1.807, 2.05) is 12.1 Å². The number of likely N-dealkylation sites (tertiary alicyclic amines) is 1. The molecule has 0 bridgehead atoms. The number of rotatable bonds is 9. The third-order valence-electron chi connectivity index (χ3n) is 6.20. The van der Waals surface area contributed by atoms with Crippen molar-refractivity contribution in [2.45, 2.75) is 12.5 Å². The summed E-state index contributed by atoms with van der Waals surface area (Å²) in [6.07, 6.45) is 2.36. The van der Waals surface area contributed by atoms with Crippen LogP contribution in [0.5, 0.6) is 5.75 Å². The lowest BCUT2D eigenvalue weighted by Gasteiger charge is -2.29. The van der Waals surface area contributed by atoms with E-state index in [4.69, 9.17) is 21.1 Å². The number of hydrogen-bond acceptors (Lipinski definition) is 6. The number of morpholine rings is 1. The topological polar surface area (TPSA) is 79.3 Å². The van der Waals surface area contributed by atoms with E-state index in [0.29, 0.717) is 49.1 Å². The van der Waals surface area contributed by atoms with Gasteiger partial charge in [-0.15, -0.1) is 0 Å². The van der Waals surface area contributed by atoms with E-state index < -0.39 is 17.7 Å². The number of aliphatic hydroxyl groups is 1. The van der Waals surface area contributed by atoms with Gasteiger partial charge in [-0.05, 0) is 48.4 Å². The second-order valence-corrected chi connectivity index (χ2v) is 8.91. The Morgan fingerprint density at radius 2 is 1.77 bits per heavy atom. The molecule has 0 aromatic heterocycles. The maximum atomic E-state index is 13.2. The molecule has 4 rings (SSSR count). The molecule has 0 aliphatic carbocycles. The van der Waals surface area contributed by atoms with Crippen LogP contribution < -0.4 is 4.74 Å². The monoisotopic (exact) mass is 496 g/mol. The van der Waals surface area contributed by atoms with Crippen molar-refractivity contribution in [3.05, 3.63) is 82.9 Å². The van der Waals surface area contributed by atoms with E-state index in [9.17, 15) is 14.7 Å². The minimum absolute atomic E-state index is 0.0726. The quantitative estimate of drug-likeness (QED) is 0.244. The number of ether oxygens (including phenoxy) is 2. The Labute approximate surface area is 210 Å². The molecule has 1 amide bonds. The minimum atomic E-state index is -0.705. The Hall–Kier alpha value is -3.13. The Morgan fingerprint density at radius 1 is 1.09 bits per heavy atom. The van der Waals surface area contributed by atoms with Crippen LogP contribution in [0.2, 0.25) is 5.02 Å². The number of halogens is 1. The molecule has 184 valence electrons. The van der Waals surface area contributed by atoms with Crippen LogP contribution in [0.1, 0.15) is 23.6 Å². The van der Waals surface area contributed by atoms with Gasteiger partial charge in [0.25, 0.3) is 11.7 Å². The van der Waals surface area contributed by atoms with Gasteiger partial charge in [0.15, 0.2) is 0 Å². The number of carbonyl (C=O) groups excluding carboxylic acids is 2. The zero-order valence-electron chi connectivity index (χ0n) is 19.5. The molecule has 0 saturated carbocycles. The fraction of sp³-hybridized carbons (Fsp3) is 0.333. The number of benzene rings is 2. The number of Topliss-reactive ketones (excluding diaryl/α,β-unsaturated/α-hetero) is 1. The molecule has 2 saturated heterocycles. The van der Waals surface area contributed by atoms with Gasteiger partial charge in [0.05, 0.1) is 24.8 Å². The molecule has 0 radical (unpaired) electrons. The lowest BCUT2D eigenvalue weighted by Crippen LogP contribution is -2.38. The first-order valence-electron chi connectivity index (χ1n) is 11.7. The second-order valence-electron chi connectivity index (χ2n) is 8.48. The standard InChI is InChI=1S/C27H29ClN2O5/c1-2-16-35-22-10-6-19(7-11-22)24-23(25(31)20-4-8-21(28)9-5-20)26(32)27(33)30(24)13-3-12-29-14-17-34-18-15-29/h2,4-11,24,31H,1,3,12-18H2/t24-/m0/s1. The van der Waals surface area contributed by atoms with Gasteiger partial charge < -0.3 is 19.5 Å². The SMILES string of the molecule is C=CCOc1ccc([C@H]2C(=C(O)c3ccc(Cl)cc3)C(=O)C(=O)N2CCCN2CCOCC2)cc1. The van der Waals surface area contributed by atoms with Crippen LogP contribution in [0.4, 0.5) is 0 Å². The van der Waals surface area contributed by atoms with Gasteiger partial charge in [0, 0.05) is 36.8 Å². The van der Waals surface area contributed by atoms with E-state index >= 15 is 0 Å². The van der Waals surface area contributed by atoms with Gasteiger partial charge in [-0.25, -0.2) is 0 Å². The van der Waals surface area contributed by atoms with Crippen LogP contribution >= 0.6 is 11.6 Å². The highest BCUT2D eigenvalue weighted by Gasteiger charge is 2.45. The third kappa shape index (κ3) is 5.75. The fourth-order valence-corrected chi connectivity index (χ4v) is 4.54. The smallest absolute Gasteiger partial charge is 0.295 e. The zero-order chi connectivity index (χ0) is 24.8. The van der Waals surface area contributed by atoms with Crippen LogP contribution in [-0.2, 0) is 14.3 Å². The summed E-state index contributed by atoms with van der Waals surface area (Å²) in [4.78, 5) is 30.1. The first kappa shape index (κ1) is 25.0. The summed E-state index contributed by atoms with van der Waals surface area (Å²) in [5, 5.41) is 11.6. The highest BCUT2D eigenvalue weighted by Crippen LogP contribution is 2.40. The van der Waals surface area contributed by atoms with Crippen LogP contribution in [0.15, 0.2) is 66.8 Å². The first-order valence-corrected chi connectivity index (χ1v) is 12.1. The number of ketones is 1. The predicted octanol–water partition coefficient (Wildman–Crippen LogP) is 4.05. The molecule has 35 heavy (non-hydrogen) atoms. The minimum Gasteiger partial charge on any atom is -0.507 e. The normalized spacial score (nSPS) is 20.3. The summed E-state index contributed by atoms with van der Waals surface area (Å²) < 4.78 is 11.0. The highest BCUT2D eigenvalue weighted by atomic mass is 35.5. The van der Waals surface area contributed by atoms with Crippen LogP contribution in [0.25, 0.3) is 5.76 Å². The fourth-order valence-electron chi connectivity index (χ4n) is 4.41. The maximum Gasteiger partial charge on any atom is 0.295 e. The van der Waals surface area contributed by atoms with E-state index in [-0.39, 0.29) is 11.3 Å². The average Bonchev–Trinajstić information content (AvgIpc) is 3.13. The molecule has 2 aliphatic rings. The largest absolute Gasteiger partial charge is 0.507 e. The molecule has 2 heterocycles. The Morgan fingerprint density at radius 3 is 2.43 bits per heavy atom. The van der Waals surface area contributed by atoms with Crippen molar-refractivity contribution >= 4 is 29.1 Å². The maximum absolute atomic E-state index is 13.2. The van der Waals surface area contributed by atoms with Gasteiger partial charge in [0.1, 0.15) is 18.1 Å². The van der Waals surface area contributed by atoms with E-state index in [1.54, 1.807) is 47.4 Å². The van der Waals surface area contributed by atoms with Crippen molar-refractivity contribution in [1.29, 1.82) is 0 Å².